The van der Waals surface area contributed by atoms with Crippen molar-refractivity contribution in [3.8, 4) is 0 Å². The second-order valence-corrected chi connectivity index (χ2v) is 5.72. The van der Waals surface area contributed by atoms with Crippen molar-refractivity contribution in [2.75, 3.05) is 16.0 Å². The number of para-hydroxylation sites is 1. The van der Waals surface area contributed by atoms with E-state index in [9.17, 15) is 4.79 Å². The first kappa shape index (κ1) is 16.9. The van der Waals surface area contributed by atoms with Crippen LogP contribution < -0.4 is 16.0 Å². The standard InChI is InChI=1S/C16H12ClN5O2S/c17-10-5-4-8-12(9-10)18-15(25)13-14(22-24-21-13)20-16(23)19-11-6-2-1-3-7-11/h1-9H,(H,18,25)(H2,19,20,22,23). The van der Waals surface area contributed by atoms with Gasteiger partial charge in [-0.15, -0.1) is 0 Å². The van der Waals surface area contributed by atoms with Crippen molar-refractivity contribution in [3.05, 3.63) is 65.3 Å². The van der Waals surface area contributed by atoms with E-state index in [1.165, 1.54) is 0 Å². The molecule has 3 aromatic rings. The number of thiocarbonyl (C=S) groups is 1. The van der Waals surface area contributed by atoms with Crippen LogP contribution >= 0.6 is 23.8 Å². The quantitative estimate of drug-likeness (QED) is 0.595. The third kappa shape index (κ3) is 4.52. The average Bonchev–Trinajstić information content (AvgIpc) is 3.04. The molecule has 0 atom stereocenters. The van der Waals surface area contributed by atoms with E-state index in [-0.39, 0.29) is 16.5 Å². The molecular formula is C16H12ClN5O2S. The Bertz CT molecular complexity index is 900. The zero-order valence-corrected chi connectivity index (χ0v) is 14.3. The second kappa shape index (κ2) is 7.73. The van der Waals surface area contributed by atoms with Crippen LogP contribution in [0.3, 0.4) is 0 Å². The number of carbonyl (C=O) groups excluding carboxylic acids is 1. The van der Waals surface area contributed by atoms with Gasteiger partial charge in [0.15, 0.2) is 5.69 Å². The highest BCUT2D eigenvalue weighted by molar-refractivity contribution is 7.81. The molecule has 0 aliphatic heterocycles. The Morgan fingerprint density at radius 1 is 0.960 bits per heavy atom. The van der Waals surface area contributed by atoms with E-state index in [4.69, 9.17) is 23.8 Å². The number of aromatic nitrogens is 2. The lowest BCUT2D eigenvalue weighted by Gasteiger charge is -2.08. The van der Waals surface area contributed by atoms with Crippen LogP contribution in [0.2, 0.25) is 5.02 Å². The Morgan fingerprint density at radius 3 is 2.48 bits per heavy atom. The van der Waals surface area contributed by atoms with Crippen molar-refractivity contribution in [2.45, 2.75) is 0 Å². The Morgan fingerprint density at radius 2 is 1.72 bits per heavy atom. The number of nitrogens with one attached hydrogen (secondary N) is 3. The van der Waals surface area contributed by atoms with E-state index in [1.54, 1.807) is 36.4 Å². The third-order valence-electron chi connectivity index (χ3n) is 3.05. The molecule has 126 valence electrons. The normalized spacial score (nSPS) is 10.1. The van der Waals surface area contributed by atoms with Crippen LogP contribution in [-0.2, 0) is 0 Å². The molecule has 1 heterocycles. The zero-order valence-electron chi connectivity index (χ0n) is 12.7. The molecule has 2 amide bonds. The number of halogens is 1. The fraction of sp³-hybridized carbons (Fsp3) is 0. The smallest absolute Gasteiger partial charge is 0.325 e. The Kier molecular flexibility index (Phi) is 5.22. The van der Waals surface area contributed by atoms with Gasteiger partial charge in [-0.1, -0.05) is 48.1 Å². The van der Waals surface area contributed by atoms with Crippen molar-refractivity contribution in [1.82, 2.24) is 10.3 Å². The number of anilines is 3. The maximum absolute atomic E-state index is 12.0. The van der Waals surface area contributed by atoms with Gasteiger partial charge < -0.3 is 10.6 Å². The third-order valence-corrected chi connectivity index (χ3v) is 3.58. The molecule has 0 spiro atoms. The van der Waals surface area contributed by atoms with Crippen LogP contribution in [0.4, 0.5) is 22.0 Å². The van der Waals surface area contributed by atoms with Gasteiger partial charge in [-0.05, 0) is 40.6 Å². The van der Waals surface area contributed by atoms with Crippen molar-refractivity contribution >= 4 is 52.0 Å². The molecule has 0 aliphatic carbocycles. The SMILES string of the molecule is O=C(Nc1ccccc1)Nc1nonc1C(=S)Nc1cccc(Cl)c1. The number of benzene rings is 2. The molecule has 25 heavy (non-hydrogen) atoms. The summed E-state index contributed by atoms with van der Waals surface area (Å²) in [7, 11) is 0. The lowest BCUT2D eigenvalue weighted by atomic mass is 10.3. The molecule has 0 aliphatic rings. The van der Waals surface area contributed by atoms with Crippen molar-refractivity contribution < 1.29 is 9.42 Å². The van der Waals surface area contributed by atoms with Gasteiger partial charge in [0.05, 0.1) is 0 Å². The molecule has 3 N–H and O–H groups in total. The molecule has 0 saturated carbocycles. The Hall–Kier alpha value is -2.97. The molecule has 0 saturated heterocycles. The first-order chi connectivity index (χ1) is 12.1. The largest absolute Gasteiger partial charge is 0.345 e. The molecular weight excluding hydrogens is 362 g/mol. The van der Waals surface area contributed by atoms with Crippen molar-refractivity contribution in [2.24, 2.45) is 0 Å². The summed E-state index contributed by atoms with van der Waals surface area (Å²) in [5, 5.41) is 16.1. The summed E-state index contributed by atoms with van der Waals surface area (Å²) >= 11 is 11.2. The minimum atomic E-state index is -0.492. The lowest BCUT2D eigenvalue weighted by molar-refractivity contribution is 0.261. The number of hydrogen-bond acceptors (Lipinski definition) is 5. The molecule has 0 fully saturated rings. The van der Waals surface area contributed by atoms with E-state index in [2.05, 4.69) is 30.9 Å². The fourth-order valence-electron chi connectivity index (χ4n) is 1.97. The summed E-state index contributed by atoms with van der Waals surface area (Å²) < 4.78 is 4.68. The predicted molar refractivity (Wildman–Crippen MR) is 100 cm³/mol. The summed E-state index contributed by atoms with van der Waals surface area (Å²) in [5.74, 6) is 0.105. The first-order valence-electron chi connectivity index (χ1n) is 7.14. The van der Waals surface area contributed by atoms with Gasteiger partial charge in [0.1, 0.15) is 4.99 Å². The fourth-order valence-corrected chi connectivity index (χ4v) is 2.41. The summed E-state index contributed by atoms with van der Waals surface area (Å²) in [4.78, 5) is 12.3. The highest BCUT2D eigenvalue weighted by atomic mass is 35.5. The van der Waals surface area contributed by atoms with E-state index in [0.717, 1.165) is 0 Å². The van der Waals surface area contributed by atoms with Gasteiger partial charge >= 0.3 is 6.03 Å². The number of amides is 2. The number of nitrogens with zero attached hydrogens (tertiary/aromatic N) is 2. The molecule has 0 radical (unpaired) electrons. The number of hydrogen-bond donors (Lipinski definition) is 3. The number of carbonyl (C=O) groups is 1. The number of rotatable bonds is 4. The topological polar surface area (TPSA) is 92.1 Å². The molecule has 0 bridgehead atoms. The molecule has 1 aromatic heterocycles. The first-order valence-corrected chi connectivity index (χ1v) is 7.93. The average molecular weight is 374 g/mol. The Labute approximate surface area is 153 Å². The minimum absolute atomic E-state index is 0.105. The van der Waals surface area contributed by atoms with Crippen LogP contribution in [0.15, 0.2) is 59.2 Å². The van der Waals surface area contributed by atoms with E-state index in [0.29, 0.717) is 16.4 Å². The Balaban J connectivity index is 1.67. The van der Waals surface area contributed by atoms with E-state index in [1.807, 2.05) is 18.2 Å². The van der Waals surface area contributed by atoms with E-state index < -0.39 is 6.03 Å². The highest BCUT2D eigenvalue weighted by Gasteiger charge is 2.17. The van der Waals surface area contributed by atoms with Gasteiger partial charge in [-0.3, -0.25) is 5.32 Å². The van der Waals surface area contributed by atoms with Gasteiger partial charge in [-0.2, -0.15) is 0 Å². The molecule has 7 nitrogen and oxygen atoms in total. The maximum Gasteiger partial charge on any atom is 0.325 e. The zero-order chi connectivity index (χ0) is 17.6. The van der Waals surface area contributed by atoms with Gasteiger partial charge in [-0.25, -0.2) is 9.42 Å². The van der Waals surface area contributed by atoms with Gasteiger partial charge in [0, 0.05) is 16.4 Å². The highest BCUT2D eigenvalue weighted by Crippen LogP contribution is 2.18. The van der Waals surface area contributed by atoms with E-state index >= 15 is 0 Å². The van der Waals surface area contributed by atoms with Crippen molar-refractivity contribution in [1.29, 1.82) is 0 Å². The summed E-state index contributed by atoms with van der Waals surface area (Å²) in [6.45, 7) is 0. The van der Waals surface area contributed by atoms with Crippen molar-refractivity contribution in [3.63, 3.8) is 0 Å². The predicted octanol–water partition coefficient (Wildman–Crippen LogP) is 4.15. The van der Waals surface area contributed by atoms with Gasteiger partial charge in [0.2, 0.25) is 5.82 Å². The minimum Gasteiger partial charge on any atom is -0.345 e. The maximum atomic E-state index is 12.0. The van der Waals surface area contributed by atoms with Crippen LogP contribution in [0.1, 0.15) is 5.69 Å². The summed E-state index contributed by atoms with van der Waals surface area (Å²) in [6, 6.07) is 15.5. The van der Waals surface area contributed by atoms with Crippen LogP contribution in [0, 0.1) is 0 Å². The lowest BCUT2D eigenvalue weighted by Crippen LogP contribution is -2.22. The second-order valence-electron chi connectivity index (χ2n) is 4.87. The van der Waals surface area contributed by atoms with Crippen LogP contribution in [-0.4, -0.2) is 21.3 Å². The molecule has 3 rings (SSSR count). The van der Waals surface area contributed by atoms with Crippen LogP contribution in [0.25, 0.3) is 0 Å². The summed E-state index contributed by atoms with van der Waals surface area (Å²) in [5.41, 5.74) is 1.52. The molecule has 2 aromatic carbocycles. The summed E-state index contributed by atoms with van der Waals surface area (Å²) in [6.07, 6.45) is 0. The number of urea groups is 1. The molecule has 0 unspecified atom stereocenters. The monoisotopic (exact) mass is 373 g/mol. The van der Waals surface area contributed by atoms with Crippen LogP contribution in [0.5, 0.6) is 0 Å². The van der Waals surface area contributed by atoms with Gasteiger partial charge in [0.25, 0.3) is 0 Å². The molecule has 9 heteroatoms.